The van der Waals surface area contributed by atoms with Gasteiger partial charge in [-0.15, -0.1) is 24.0 Å². The Labute approximate surface area is 183 Å². The van der Waals surface area contributed by atoms with Crippen LogP contribution in [0.3, 0.4) is 0 Å². The third-order valence-corrected chi connectivity index (χ3v) is 3.72. The molecule has 0 bridgehead atoms. The van der Waals surface area contributed by atoms with E-state index in [1.54, 1.807) is 14.0 Å². The summed E-state index contributed by atoms with van der Waals surface area (Å²) in [6.07, 6.45) is 0.640. The van der Waals surface area contributed by atoms with Crippen molar-refractivity contribution >= 4 is 29.9 Å². The lowest BCUT2D eigenvalue weighted by Crippen LogP contribution is -2.38. The van der Waals surface area contributed by atoms with E-state index in [1.807, 2.05) is 26.0 Å². The van der Waals surface area contributed by atoms with Crippen LogP contribution in [0, 0.1) is 13.8 Å². The van der Waals surface area contributed by atoms with Crippen LogP contribution in [0.1, 0.15) is 29.8 Å². The van der Waals surface area contributed by atoms with Gasteiger partial charge >= 0.3 is 0 Å². The predicted octanol–water partition coefficient (Wildman–Crippen LogP) is 2.63. The summed E-state index contributed by atoms with van der Waals surface area (Å²) < 4.78 is 16.0. The van der Waals surface area contributed by atoms with Crippen molar-refractivity contribution in [3.05, 3.63) is 41.0 Å². The maximum Gasteiger partial charge on any atom is 0.228 e. The molecule has 0 atom stereocenters. The second-order valence-corrected chi connectivity index (χ2v) is 6.06. The minimum atomic E-state index is 0. The fourth-order valence-electron chi connectivity index (χ4n) is 2.40. The Hall–Kier alpha value is -1.88. The number of aliphatic imine (C=N–C) groups is 1. The van der Waals surface area contributed by atoms with Crippen molar-refractivity contribution in [1.29, 1.82) is 0 Å². The lowest BCUT2D eigenvalue weighted by molar-refractivity contribution is 0.145. The summed E-state index contributed by atoms with van der Waals surface area (Å²) in [6.45, 7) is 8.88. The van der Waals surface area contributed by atoms with Gasteiger partial charge in [0.25, 0.3) is 0 Å². The molecule has 0 spiro atoms. The summed E-state index contributed by atoms with van der Waals surface area (Å²) in [5.41, 5.74) is 2.18. The first kappa shape index (κ1) is 24.2. The topological polar surface area (TPSA) is 93.8 Å². The summed E-state index contributed by atoms with van der Waals surface area (Å²) in [4.78, 5) is 8.85. The summed E-state index contributed by atoms with van der Waals surface area (Å²) in [5.74, 6) is 2.83. The number of hydrogen-bond donors (Lipinski definition) is 2. The quantitative estimate of drug-likeness (QED) is 0.223. The molecule has 0 saturated heterocycles. The Balaban J connectivity index is 0.00000392. The first-order valence-electron chi connectivity index (χ1n) is 9.15. The zero-order valence-corrected chi connectivity index (χ0v) is 19.3. The van der Waals surface area contributed by atoms with E-state index in [1.165, 1.54) is 0 Å². The number of hydrogen-bond acceptors (Lipinski definition) is 6. The molecule has 0 aliphatic rings. The van der Waals surface area contributed by atoms with Gasteiger partial charge in [-0.25, -0.2) is 4.99 Å². The van der Waals surface area contributed by atoms with Crippen LogP contribution in [0.5, 0.6) is 5.75 Å². The maximum absolute atomic E-state index is 5.83. The SMILES string of the molecule is CCNC(=NCc1ccc(C)cc1OCCOC)NCCc1nc(C)no1.I. The highest BCUT2D eigenvalue weighted by Crippen LogP contribution is 2.21. The summed E-state index contributed by atoms with van der Waals surface area (Å²) >= 11 is 0. The number of aromatic nitrogens is 2. The molecule has 8 nitrogen and oxygen atoms in total. The van der Waals surface area contributed by atoms with Crippen molar-refractivity contribution < 1.29 is 14.0 Å². The van der Waals surface area contributed by atoms with Gasteiger partial charge in [0.2, 0.25) is 5.89 Å². The second kappa shape index (κ2) is 13.3. The van der Waals surface area contributed by atoms with Crippen molar-refractivity contribution in [3.8, 4) is 5.75 Å². The highest BCUT2D eigenvalue weighted by Gasteiger charge is 2.06. The van der Waals surface area contributed by atoms with E-state index in [-0.39, 0.29) is 24.0 Å². The van der Waals surface area contributed by atoms with E-state index in [0.717, 1.165) is 29.4 Å². The molecular formula is C19H30IN5O3. The molecule has 2 N–H and O–H groups in total. The normalized spacial score (nSPS) is 11.1. The highest BCUT2D eigenvalue weighted by atomic mass is 127. The summed E-state index contributed by atoms with van der Waals surface area (Å²) in [5, 5.41) is 10.3. The van der Waals surface area contributed by atoms with Crippen molar-refractivity contribution in [3.63, 3.8) is 0 Å². The molecule has 1 aromatic heterocycles. The fraction of sp³-hybridized carbons (Fsp3) is 0.526. The van der Waals surface area contributed by atoms with Gasteiger partial charge in [0, 0.05) is 32.2 Å². The van der Waals surface area contributed by atoms with Crippen LogP contribution in [0.2, 0.25) is 0 Å². The number of rotatable bonds is 10. The van der Waals surface area contributed by atoms with E-state index in [0.29, 0.717) is 44.4 Å². The molecule has 2 aromatic rings. The standard InChI is InChI=1S/C19H29N5O3.HI/c1-5-20-19(21-9-8-18-23-15(3)24-27-18)22-13-16-7-6-14(2)12-17(16)26-11-10-25-4;/h6-7,12H,5,8-11,13H2,1-4H3,(H2,20,21,22);1H. The van der Waals surface area contributed by atoms with Crippen molar-refractivity contribution in [2.45, 2.75) is 33.7 Å². The van der Waals surface area contributed by atoms with Crippen LogP contribution in [-0.2, 0) is 17.7 Å². The molecule has 1 aromatic carbocycles. The van der Waals surface area contributed by atoms with Crippen LogP contribution in [0.25, 0.3) is 0 Å². The zero-order chi connectivity index (χ0) is 19.5. The number of aryl methyl sites for hydroxylation is 2. The Morgan fingerprint density at radius 2 is 2.04 bits per heavy atom. The van der Waals surface area contributed by atoms with Crippen molar-refractivity contribution in [2.24, 2.45) is 4.99 Å². The third kappa shape index (κ3) is 8.42. The number of guanidine groups is 1. The van der Waals surface area contributed by atoms with Crippen LogP contribution in [0.4, 0.5) is 0 Å². The Morgan fingerprint density at radius 3 is 2.71 bits per heavy atom. The second-order valence-electron chi connectivity index (χ2n) is 6.06. The number of nitrogens with zero attached hydrogens (tertiary/aromatic N) is 3. The molecule has 0 amide bonds. The molecule has 0 aliphatic heterocycles. The molecule has 0 fully saturated rings. The highest BCUT2D eigenvalue weighted by molar-refractivity contribution is 14.0. The molecule has 0 unspecified atom stereocenters. The Morgan fingerprint density at radius 1 is 1.21 bits per heavy atom. The molecule has 0 radical (unpaired) electrons. The first-order valence-corrected chi connectivity index (χ1v) is 9.15. The summed E-state index contributed by atoms with van der Waals surface area (Å²) in [7, 11) is 1.66. The van der Waals surface area contributed by atoms with E-state index >= 15 is 0 Å². The van der Waals surface area contributed by atoms with E-state index in [9.17, 15) is 0 Å². The van der Waals surface area contributed by atoms with Gasteiger partial charge in [-0.1, -0.05) is 17.3 Å². The molecule has 2 rings (SSSR count). The van der Waals surface area contributed by atoms with E-state index < -0.39 is 0 Å². The number of benzene rings is 1. The van der Waals surface area contributed by atoms with Gasteiger partial charge in [-0.3, -0.25) is 0 Å². The molecule has 1 heterocycles. The summed E-state index contributed by atoms with van der Waals surface area (Å²) in [6, 6.07) is 6.14. The first-order chi connectivity index (χ1) is 13.1. The van der Waals surface area contributed by atoms with E-state index in [2.05, 4.69) is 31.8 Å². The predicted molar refractivity (Wildman–Crippen MR) is 120 cm³/mol. The molecule has 0 saturated carbocycles. The minimum absolute atomic E-state index is 0. The number of ether oxygens (including phenoxy) is 2. The maximum atomic E-state index is 5.83. The van der Waals surface area contributed by atoms with Gasteiger partial charge in [0.1, 0.15) is 12.4 Å². The average Bonchev–Trinajstić information content (AvgIpc) is 3.06. The van der Waals surface area contributed by atoms with Gasteiger partial charge in [0.15, 0.2) is 11.8 Å². The Kier molecular flexibility index (Phi) is 11.5. The smallest absolute Gasteiger partial charge is 0.228 e. The van der Waals surface area contributed by atoms with Crippen LogP contribution >= 0.6 is 24.0 Å². The molecule has 0 aliphatic carbocycles. The minimum Gasteiger partial charge on any atom is -0.491 e. The number of nitrogens with one attached hydrogen (secondary N) is 2. The number of halogens is 1. The fourth-order valence-corrected chi connectivity index (χ4v) is 2.40. The molecule has 28 heavy (non-hydrogen) atoms. The number of methoxy groups -OCH3 is 1. The lowest BCUT2D eigenvalue weighted by atomic mass is 10.1. The zero-order valence-electron chi connectivity index (χ0n) is 16.9. The van der Waals surface area contributed by atoms with E-state index in [4.69, 9.17) is 14.0 Å². The van der Waals surface area contributed by atoms with Crippen LogP contribution in [-0.4, -0.2) is 49.5 Å². The van der Waals surface area contributed by atoms with Gasteiger partial charge in [-0.05, 0) is 32.4 Å². The average molecular weight is 503 g/mol. The van der Waals surface area contributed by atoms with Crippen molar-refractivity contribution in [1.82, 2.24) is 20.8 Å². The van der Waals surface area contributed by atoms with Crippen molar-refractivity contribution in [2.75, 3.05) is 33.4 Å². The third-order valence-electron chi connectivity index (χ3n) is 3.72. The molecule has 156 valence electrons. The Bertz CT molecular complexity index is 736. The van der Waals surface area contributed by atoms with Crippen LogP contribution < -0.4 is 15.4 Å². The molecular weight excluding hydrogens is 473 g/mol. The van der Waals surface area contributed by atoms with Gasteiger partial charge in [-0.2, -0.15) is 4.98 Å². The van der Waals surface area contributed by atoms with Gasteiger partial charge in [0.05, 0.1) is 13.2 Å². The largest absolute Gasteiger partial charge is 0.491 e. The molecule has 9 heteroatoms. The lowest BCUT2D eigenvalue weighted by Gasteiger charge is -2.13. The van der Waals surface area contributed by atoms with Gasteiger partial charge < -0.3 is 24.6 Å². The monoisotopic (exact) mass is 503 g/mol. The van der Waals surface area contributed by atoms with Crippen LogP contribution in [0.15, 0.2) is 27.7 Å².